The van der Waals surface area contributed by atoms with E-state index in [1.165, 1.54) is 17.2 Å². The highest BCUT2D eigenvalue weighted by Gasteiger charge is 2.69. The number of piperidine rings is 1. The van der Waals surface area contributed by atoms with E-state index in [2.05, 4.69) is 17.4 Å². The van der Waals surface area contributed by atoms with Gasteiger partial charge < -0.3 is 20.6 Å². The summed E-state index contributed by atoms with van der Waals surface area (Å²) >= 11 is 0. The molecule has 1 aliphatic heterocycles. The molecular weight excluding hydrogens is 366 g/mol. The van der Waals surface area contributed by atoms with Crippen molar-refractivity contribution in [3.63, 3.8) is 0 Å². The van der Waals surface area contributed by atoms with E-state index in [1.807, 2.05) is 18.2 Å². The van der Waals surface area contributed by atoms with Gasteiger partial charge >= 0.3 is 0 Å². The standard InChI is InChI=1S/C24H25NO4/c26-17-6-5-14-9-18-24(29)13-22(10-15-3-1-2-4-16(15)11-22)19(27)12-23(24,7-8-25-18)20(14)21(17)28/h1-6,18,25-26,28-29H,7-13H2. The van der Waals surface area contributed by atoms with Crippen LogP contribution in [0.25, 0.3) is 0 Å². The van der Waals surface area contributed by atoms with E-state index in [-0.39, 0.29) is 29.7 Å². The van der Waals surface area contributed by atoms with Gasteiger partial charge in [0.15, 0.2) is 11.5 Å². The van der Waals surface area contributed by atoms with Crippen molar-refractivity contribution < 1.29 is 20.1 Å². The van der Waals surface area contributed by atoms with Crippen molar-refractivity contribution in [2.45, 2.75) is 55.6 Å². The van der Waals surface area contributed by atoms with Gasteiger partial charge in [-0.15, -0.1) is 0 Å². The first kappa shape index (κ1) is 17.5. The van der Waals surface area contributed by atoms with Gasteiger partial charge in [-0.05, 0) is 61.4 Å². The molecule has 2 aromatic carbocycles. The van der Waals surface area contributed by atoms with Crippen LogP contribution in [0, 0.1) is 5.41 Å². The molecule has 0 aromatic heterocycles. The lowest BCUT2D eigenvalue weighted by atomic mass is 9.45. The summed E-state index contributed by atoms with van der Waals surface area (Å²) in [6, 6.07) is 11.4. The number of aliphatic hydroxyl groups is 1. The summed E-state index contributed by atoms with van der Waals surface area (Å²) in [5, 5.41) is 36.7. The van der Waals surface area contributed by atoms with Crippen molar-refractivity contribution >= 4 is 5.78 Å². The number of benzene rings is 2. The normalized spacial score (nSPS) is 33.8. The predicted octanol–water partition coefficient (Wildman–Crippen LogP) is 2.13. The van der Waals surface area contributed by atoms with Crippen LogP contribution >= 0.6 is 0 Å². The third kappa shape index (κ3) is 2.00. The maximum Gasteiger partial charge on any atom is 0.161 e. The van der Waals surface area contributed by atoms with E-state index in [1.54, 1.807) is 0 Å². The molecule has 2 fully saturated rings. The third-order valence-electron chi connectivity index (χ3n) is 8.33. The van der Waals surface area contributed by atoms with Gasteiger partial charge in [0.1, 0.15) is 5.78 Å². The summed E-state index contributed by atoms with van der Waals surface area (Å²) in [6.07, 6.45) is 3.09. The van der Waals surface area contributed by atoms with Crippen LogP contribution in [0.15, 0.2) is 36.4 Å². The SMILES string of the molecule is O=C1CC23CCNC(Cc4ccc(O)c(O)c42)C3(O)CC12Cc1ccccc1C2. The summed E-state index contributed by atoms with van der Waals surface area (Å²) in [6.45, 7) is 0.683. The maximum absolute atomic E-state index is 13.7. The molecule has 4 aliphatic rings. The lowest BCUT2D eigenvalue weighted by Crippen LogP contribution is -2.75. The van der Waals surface area contributed by atoms with Crippen LogP contribution in [0.5, 0.6) is 11.5 Å². The van der Waals surface area contributed by atoms with Gasteiger partial charge in [-0.1, -0.05) is 30.3 Å². The van der Waals surface area contributed by atoms with Crippen molar-refractivity contribution in [2.24, 2.45) is 5.41 Å². The number of rotatable bonds is 0. The molecule has 2 bridgehead atoms. The van der Waals surface area contributed by atoms with Crippen LogP contribution in [0.1, 0.15) is 41.5 Å². The lowest BCUT2D eigenvalue weighted by molar-refractivity contribution is -0.172. The van der Waals surface area contributed by atoms with Gasteiger partial charge in [-0.25, -0.2) is 0 Å². The second-order valence-corrected chi connectivity index (χ2v) is 9.61. The van der Waals surface area contributed by atoms with E-state index >= 15 is 0 Å². The number of carbonyl (C=O) groups is 1. The molecule has 3 unspecified atom stereocenters. The fourth-order valence-electron chi connectivity index (χ4n) is 7.02. The monoisotopic (exact) mass is 391 g/mol. The van der Waals surface area contributed by atoms with Crippen molar-refractivity contribution in [3.05, 3.63) is 58.7 Å². The smallest absolute Gasteiger partial charge is 0.161 e. The third-order valence-corrected chi connectivity index (χ3v) is 8.33. The van der Waals surface area contributed by atoms with E-state index < -0.39 is 16.4 Å². The van der Waals surface area contributed by atoms with Gasteiger partial charge in [-0.3, -0.25) is 4.79 Å². The Hall–Kier alpha value is -2.37. The van der Waals surface area contributed by atoms with E-state index in [0.717, 1.165) is 5.56 Å². The molecule has 3 atom stereocenters. The van der Waals surface area contributed by atoms with Crippen molar-refractivity contribution in [3.8, 4) is 11.5 Å². The highest BCUT2D eigenvalue weighted by Crippen LogP contribution is 2.63. The van der Waals surface area contributed by atoms with Crippen LogP contribution in [0.4, 0.5) is 0 Å². The number of nitrogens with one attached hydrogen (secondary N) is 1. The number of carbonyl (C=O) groups excluding carboxylic acids is 1. The number of Topliss-reactive ketones (excluding diaryl/α,β-unsaturated/α-hetero) is 1. The minimum atomic E-state index is -1.14. The Morgan fingerprint density at radius 3 is 2.41 bits per heavy atom. The van der Waals surface area contributed by atoms with Crippen molar-refractivity contribution in [1.29, 1.82) is 0 Å². The van der Waals surface area contributed by atoms with Crippen LogP contribution in [0.2, 0.25) is 0 Å². The molecule has 29 heavy (non-hydrogen) atoms. The fraction of sp³-hybridized carbons (Fsp3) is 0.458. The quantitative estimate of drug-likeness (QED) is 0.517. The Balaban J connectivity index is 1.53. The zero-order chi connectivity index (χ0) is 20.0. The Bertz CT molecular complexity index is 1040. The largest absolute Gasteiger partial charge is 0.504 e. The summed E-state index contributed by atoms with van der Waals surface area (Å²) in [7, 11) is 0. The molecule has 0 radical (unpaired) electrons. The highest BCUT2D eigenvalue weighted by atomic mass is 16.3. The van der Waals surface area contributed by atoms with Crippen molar-refractivity contribution in [1.82, 2.24) is 5.32 Å². The highest BCUT2D eigenvalue weighted by molar-refractivity contribution is 5.90. The molecule has 3 aliphatic carbocycles. The number of fused-ring (bicyclic) bond motifs is 2. The first-order chi connectivity index (χ1) is 13.9. The van der Waals surface area contributed by atoms with E-state index in [9.17, 15) is 20.1 Å². The zero-order valence-electron chi connectivity index (χ0n) is 16.2. The van der Waals surface area contributed by atoms with Gasteiger partial charge in [-0.2, -0.15) is 0 Å². The molecule has 6 rings (SSSR count). The number of aromatic hydroxyl groups is 2. The number of hydrogen-bond donors (Lipinski definition) is 4. The minimum absolute atomic E-state index is 0.165. The van der Waals surface area contributed by atoms with Crippen LogP contribution in [-0.2, 0) is 29.5 Å². The summed E-state index contributed by atoms with van der Waals surface area (Å²) in [5.41, 5.74) is 1.35. The van der Waals surface area contributed by atoms with Crippen molar-refractivity contribution in [2.75, 3.05) is 6.54 Å². The van der Waals surface area contributed by atoms with Crippen LogP contribution < -0.4 is 5.32 Å². The first-order valence-corrected chi connectivity index (χ1v) is 10.5. The molecular formula is C24H25NO4. The molecule has 1 saturated carbocycles. The summed E-state index contributed by atoms with van der Waals surface area (Å²) in [5.74, 6) is -0.173. The Labute approximate surface area is 169 Å². The van der Waals surface area contributed by atoms with Crippen LogP contribution in [-0.4, -0.2) is 39.3 Å². The average Bonchev–Trinajstić information content (AvgIpc) is 3.04. The lowest BCUT2D eigenvalue weighted by Gasteiger charge is -2.63. The molecule has 4 N–H and O–H groups in total. The zero-order valence-corrected chi connectivity index (χ0v) is 16.2. The Morgan fingerprint density at radius 1 is 0.966 bits per heavy atom. The summed E-state index contributed by atoms with van der Waals surface area (Å²) in [4.78, 5) is 13.7. The molecule has 1 saturated heterocycles. The number of phenolic OH excluding ortho intramolecular Hbond substituents is 2. The molecule has 2 aromatic rings. The molecule has 5 heteroatoms. The number of hydrogen-bond acceptors (Lipinski definition) is 5. The van der Waals surface area contributed by atoms with Gasteiger partial charge in [0.05, 0.1) is 5.60 Å². The Morgan fingerprint density at radius 2 is 1.69 bits per heavy atom. The molecule has 1 spiro atoms. The molecule has 5 nitrogen and oxygen atoms in total. The second kappa shape index (κ2) is 5.41. The number of ketones is 1. The van der Waals surface area contributed by atoms with Gasteiger partial charge in [0, 0.05) is 28.9 Å². The predicted molar refractivity (Wildman–Crippen MR) is 107 cm³/mol. The van der Waals surface area contributed by atoms with Gasteiger partial charge in [0.2, 0.25) is 0 Å². The number of phenols is 2. The molecule has 0 amide bonds. The first-order valence-electron chi connectivity index (χ1n) is 10.5. The minimum Gasteiger partial charge on any atom is -0.504 e. The van der Waals surface area contributed by atoms with E-state index in [0.29, 0.717) is 44.2 Å². The maximum atomic E-state index is 13.7. The topological polar surface area (TPSA) is 89.8 Å². The van der Waals surface area contributed by atoms with Gasteiger partial charge in [0.25, 0.3) is 0 Å². The average molecular weight is 391 g/mol. The fourth-order valence-corrected chi connectivity index (χ4v) is 7.02. The molecule has 150 valence electrons. The summed E-state index contributed by atoms with van der Waals surface area (Å²) < 4.78 is 0. The van der Waals surface area contributed by atoms with Crippen LogP contribution in [0.3, 0.4) is 0 Å². The molecule has 1 heterocycles. The van der Waals surface area contributed by atoms with E-state index in [4.69, 9.17) is 0 Å². The second-order valence-electron chi connectivity index (χ2n) is 9.61. The Kier molecular flexibility index (Phi) is 3.26.